The van der Waals surface area contributed by atoms with Crippen LogP contribution in [0.5, 0.6) is 0 Å². The molecule has 0 saturated carbocycles. The molecule has 0 atom stereocenters. The zero-order valence-corrected chi connectivity index (χ0v) is 9.39. The molecule has 0 rings (SSSR count). The summed E-state index contributed by atoms with van der Waals surface area (Å²) < 4.78 is 5.34. The Morgan fingerprint density at radius 3 is 1.62 bits per heavy atom. The maximum absolute atomic E-state index is 5.34. The van der Waals surface area contributed by atoms with Gasteiger partial charge in [-0.2, -0.15) is 0 Å². The van der Waals surface area contributed by atoms with Crippen LogP contribution in [0.1, 0.15) is 53.4 Å². The summed E-state index contributed by atoms with van der Waals surface area (Å²) in [7, 11) is 0. The van der Waals surface area contributed by atoms with E-state index in [2.05, 4.69) is 27.7 Å². The molecule has 0 bridgehead atoms. The summed E-state index contributed by atoms with van der Waals surface area (Å²) in [6.07, 6.45) is 8.32. The quantitative estimate of drug-likeness (QED) is 0.553. The molecule has 0 heterocycles. The van der Waals surface area contributed by atoms with E-state index in [0.717, 1.165) is 12.8 Å². The van der Waals surface area contributed by atoms with Crippen molar-refractivity contribution in [3.05, 3.63) is 23.7 Å². The summed E-state index contributed by atoms with van der Waals surface area (Å²) in [5.41, 5.74) is 2.62. The first-order chi connectivity index (χ1) is 6.20. The molecule has 0 fully saturated rings. The number of hydrogen-bond donors (Lipinski definition) is 0. The van der Waals surface area contributed by atoms with E-state index >= 15 is 0 Å². The molecule has 0 aromatic rings. The molecule has 0 unspecified atom stereocenters. The summed E-state index contributed by atoms with van der Waals surface area (Å²) in [6.45, 7) is 8.56. The highest BCUT2D eigenvalue weighted by Gasteiger charge is 1.88. The molecule has 0 aromatic heterocycles. The SMILES string of the molecule is CCCC(C)=COC=C(C)CCC. The van der Waals surface area contributed by atoms with Gasteiger partial charge < -0.3 is 4.74 Å². The topological polar surface area (TPSA) is 9.23 Å². The van der Waals surface area contributed by atoms with Gasteiger partial charge in [0.25, 0.3) is 0 Å². The van der Waals surface area contributed by atoms with Crippen LogP contribution in [0.25, 0.3) is 0 Å². The lowest BCUT2D eigenvalue weighted by molar-refractivity contribution is 0.389. The molecular formula is C12H22O. The lowest BCUT2D eigenvalue weighted by atomic mass is 10.2. The van der Waals surface area contributed by atoms with Crippen molar-refractivity contribution in [2.24, 2.45) is 0 Å². The van der Waals surface area contributed by atoms with Gasteiger partial charge in [0.05, 0.1) is 12.5 Å². The van der Waals surface area contributed by atoms with E-state index in [1.807, 2.05) is 12.5 Å². The van der Waals surface area contributed by atoms with E-state index < -0.39 is 0 Å². The van der Waals surface area contributed by atoms with Crippen LogP contribution in [-0.2, 0) is 4.74 Å². The van der Waals surface area contributed by atoms with E-state index in [4.69, 9.17) is 4.74 Å². The third kappa shape index (κ3) is 7.63. The summed E-state index contributed by atoms with van der Waals surface area (Å²) >= 11 is 0. The van der Waals surface area contributed by atoms with Crippen molar-refractivity contribution in [1.29, 1.82) is 0 Å². The molecule has 0 radical (unpaired) electrons. The Morgan fingerprint density at radius 1 is 0.923 bits per heavy atom. The molecular weight excluding hydrogens is 160 g/mol. The summed E-state index contributed by atoms with van der Waals surface area (Å²) in [5.74, 6) is 0. The second-order valence-corrected chi connectivity index (χ2v) is 3.56. The van der Waals surface area contributed by atoms with Crippen molar-refractivity contribution < 1.29 is 4.74 Å². The van der Waals surface area contributed by atoms with Crippen molar-refractivity contribution in [3.63, 3.8) is 0 Å². The molecule has 0 spiro atoms. The van der Waals surface area contributed by atoms with Gasteiger partial charge in [0, 0.05) is 0 Å². The highest BCUT2D eigenvalue weighted by molar-refractivity contribution is 4.97. The van der Waals surface area contributed by atoms with Gasteiger partial charge in [-0.15, -0.1) is 0 Å². The molecule has 76 valence electrons. The Bertz CT molecular complexity index is 158. The van der Waals surface area contributed by atoms with Gasteiger partial charge in [-0.05, 0) is 37.8 Å². The van der Waals surface area contributed by atoms with E-state index in [1.54, 1.807) is 0 Å². The molecule has 0 amide bonds. The van der Waals surface area contributed by atoms with E-state index in [9.17, 15) is 0 Å². The van der Waals surface area contributed by atoms with Crippen molar-refractivity contribution in [2.75, 3.05) is 0 Å². The average Bonchev–Trinajstić information content (AvgIpc) is 2.05. The zero-order valence-electron chi connectivity index (χ0n) is 9.39. The minimum Gasteiger partial charge on any atom is -0.473 e. The molecule has 0 aliphatic heterocycles. The second kappa shape index (κ2) is 7.90. The number of ether oxygens (including phenoxy) is 1. The number of allylic oxidation sites excluding steroid dienone is 2. The van der Waals surface area contributed by atoms with Crippen molar-refractivity contribution in [1.82, 2.24) is 0 Å². The first kappa shape index (κ1) is 12.3. The Hall–Kier alpha value is -0.720. The standard InChI is InChI=1S/C12H22O/c1-5-7-11(3)9-13-10-12(4)8-6-2/h9-10H,5-8H2,1-4H3. The van der Waals surface area contributed by atoms with Gasteiger partial charge in [-0.1, -0.05) is 26.7 Å². The highest BCUT2D eigenvalue weighted by Crippen LogP contribution is 2.06. The second-order valence-electron chi connectivity index (χ2n) is 3.56. The van der Waals surface area contributed by atoms with Gasteiger partial charge >= 0.3 is 0 Å². The van der Waals surface area contributed by atoms with Crippen LogP contribution in [0.2, 0.25) is 0 Å². The molecule has 0 aromatic carbocycles. The molecule has 13 heavy (non-hydrogen) atoms. The minimum absolute atomic E-state index is 1.13. The van der Waals surface area contributed by atoms with E-state index in [-0.39, 0.29) is 0 Å². The third-order valence-electron chi connectivity index (χ3n) is 1.83. The average molecular weight is 182 g/mol. The lowest BCUT2D eigenvalue weighted by Crippen LogP contribution is -1.80. The van der Waals surface area contributed by atoms with Crippen molar-refractivity contribution >= 4 is 0 Å². The Morgan fingerprint density at radius 2 is 1.31 bits per heavy atom. The predicted octanol–water partition coefficient (Wildman–Crippen LogP) is 4.41. The largest absolute Gasteiger partial charge is 0.473 e. The van der Waals surface area contributed by atoms with Gasteiger partial charge in [-0.3, -0.25) is 0 Å². The Labute approximate surface area is 82.5 Å². The fraction of sp³-hybridized carbons (Fsp3) is 0.667. The van der Waals surface area contributed by atoms with Gasteiger partial charge in [0.15, 0.2) is 0 Å². The molecule has 0 aliphatic rings. The predicted molar refractivity (Wildman–Crippen MR) is 58.4 cm³/mol. The third-order valence-corrected chi connectivity index (χ3v) is 1.83. The number of hydrogen-bond acceptors (Lipinski definition) is 1. The minimum atomic E-state index is 1.13. The Kier molecular flexibility index (Phi) is 7.47. The first-order valence-electron chi connectivity index (χ1n) is 5.17. The monoisotopic (exact) mass is 182 g/mol. The molecule has 0 N–H and O–H groups in total. The zero-order chi connectivity index (χ0) is 10.1. The van der Waals surface area contributed by atoms with E-state index in [0.29, 0.717) is 0 Å². The summed E-state index contributed by atoms with van der Waals surface area (Å²) in [4.78, 5) is 0. The van der Waals surface area contributed by atoms with Gasteiger partial charge in [0.1, 0.15) is 0 Å². The van der Waals surface area contributed by atoms with Crippen LogP contribution < -0.4 is 0 Å². The summed E-state index contributed by atoms with van der Waals surface area (Å²) in [5, 5.41) is 0. The Balaban J connectivity index is 3.74. The smallest absolute Gasteiger partial charge is 0.0890 e. The highest BCUT2D eigenvalue weighted by atomic mass is 16.5. The first-order valence-corrected chi connectivity index (χ1v) is 5.17. The number of rotatable bonds is 6. The van der Waals surface area contributed by atoms with Crippen molar-refractivity contribution in [2.45, 2.75) is 53.4 Å². The van der Waals surface area contributed by atoms with E-state index in [1.165, 1.54) is 24.0 Å². The maximum atomic E-state index is 5.34. The van der Waals surface area contributed by atoms with Crippen LogP contribution in [0, 0.1) is 0 Å². The van der Waals surface area contributed by atoms with Gasteiger partial charge in [0.2, 0.25) is 0 Å². The maximum Gasteiger partial charge on any atom is 0.0890 e. The van der Waals surface area contributed by atoms with Crippen LogP contribution in [0.3, 0.4) is 0 Å². The van der Waals surface area contributed by atoms with Crippen LogP contribution in [0.4, 0.5) is 0 Å². The van der Waals surface area contributed by atoms with Gasteiger partial charge in [-0.25, -0.2) is 0 Å². The molecule has 0 saturated heterocycles. The van der Waals surface area contributed by atoms with Crippen LogP contribution in [0.15, 0.2) is 23.7 Å². The molecule has 1 heteroatoms. The van der Waals surface area contributed by atoms with Crippen LogP contribution >= 0.6 is 0 Å². The summed E-state index contributed by atoms with van der Waals surface area (Å²) in [6, 6.07) is 0. The fourth-order valence-corrected chi connectivity index (χ4v) is 1.17. The lowest BCUT2D eigenvalue weighted by Gasteiger charge is -1.99. The molecule has 1 nitrogen and oxygen atoms in total. The molecule has 0 aliphatic carbocycles. The normalized spacial score (nSPS) is 13.2. The fourth-order valence-electron chi connectivity index (χ4n) is 1.17. The van der Waals surface area contributed by atoms with Crippen molar-refractivity contribution in [3.8, 4) is 0 Å². The van der Waals surface area contributed by atoms with Crippen LogP contribution in [-0.4, -0.2) is 0 Å².